The Bertz CT molecular complexity index is 664. The van der Waals surface area contributed by atoms with Crippen LogP contribution in [0.1, 0.15) is 0 Å². The lowest BCUT2D eigenvalue weighted by Crippen LogP contribution is -1.68. The quantitative estimate of drug-likeness (QED) is 0.450. The van der Waals surface area contributed by atoms with Gasteiger partial charge in [0.1, 0.15) is 0 Å². The van der Waals surface area contributed by atoms with E-state index in [0.29, 0.717) is 5.13 Å². The molecule has 0 amide bonds. The second-order valence-corrected chi connectivity index (χ2v) is 5.67. The molecule has 0 saturated carbocycles. The average molecular weight is 365 g/mol. The summed E-state index contributed by atoms with van der Waals surface area (Å²) in [4.78, 5) is 4.09. The van der Waals surface area contributed by atoms with Crippen LogP contribution >= 0.6 is 33.9 Å². The minimum Gasteiger partial charge on any atom is -0.226 e. The van der Waals surface area contributed by atoms with Crippen molar-refractivity contribution in [1.82, 2.24) is 4.98 Å². The van der Waals surface area contributed by atoms with Crippen molar-refractivity contribution in [2.24, 2.45) is 10.2 Å². The molecule has 0 atom stereocenters. The lowest BCUT2D eigenvalue weighted by atomic mass is 10.2. The van der Waals surface area contributed by atoms with Crippen LogP contribution < -0.4 is 0 Å². The fourth-order valence-corrected chi connectivity index (χ4v) is 2.92. The highest BCUT2D eigenvalue weighted by molar-refractivity contribution is 14.1. The molecule has 1 aromatic rings. The molecule has 3 nitrogen and oxygen atoms in total. The van der Waals surface area contributed by atoms with Crippen LogP contribution in [-0.2, 0) is 0 Å². The van der Waals surface area contributed by atoms with E-state index in [9.17, 15) is 0 Å². The molecular formula is C13H8IN3S. The van der Waals surface area contributed by atoms with Gasteiger partial charge in [-0.05, 0) is 34.2 Å². The van der Waals surface area contributed by atoms with Crippen molar-refractivity contribution in [2.75, 3.05) is 0 Å². The number of azo groups is 1. The van der Waals surface area contributed by atoms with E-state index in [1.165, 1.54) is 20.5 Å². The first-order valence-corrected chi connectivity index (χ1v) is 7.29. The molecule has 0 aromatic carbocycles. The first kappa shape index (κ1) is 11.7. The number of hydrogen-bond acceptors (Lipinski definition) is 4. The van der Waals surface area contributed by atoms with Crippen LogP contribution in [0.3, 0.4) is 0 Å². The molecule has 0 unspecified atom stereocenters. The number of halogens is 1. The van der Waals surface area contributed by atoms with Crippen molar-refractivity contribution in [3.05, 3.63) is 51.5 Å². The van der Waals surface area contributed by atoms with E-state index in [0.717, 1.165) is 11.3 Å². The normalized spacial score (nSPS) is 11.4. The Hall–Kier alpha value is -1.34. The molecule has 5 heteroatoms. The van der Waals surface area contributed by atoms with Crippen LogP contribution in [-0.4, -0.2) is 4.98 Å². The zero-order chi connectivity index (χ0) is 12.4. The van der Waals surface area contributed by atoms with Gasteiger partial charge in [-0.1, -0.05) is 30.3 Å². The maximum Gasteiger partial charge on any atom is 0.229 e. The molecule has 18 heavy (non-hydrogen) atoms. The molecule has 0 radical (unpaired) electrons. The van der Waals surface area contributed by atoms with E-state index in [1.807, 2.05) is 29.6 Å². The fraction of sp³-hybridized carbons (Fsp3) is 0. The molecular weight excluding hydrogens is 357 g/mol. The number of hydrogen-bond donors (Lipinski definition) is 0. The number of rotatable bonds is 2. The molecule has 0 bridgehead atoms. The van der Waals surface area contributed by atoms with Crippen LogP contribution in [0.15, 0.2) is 58.2 Å². The topological polar surface area (TPSA) is 37.6 Å². The Morgan fingerprint density at radius 1 is 1.06 bits per heavy atom. The van der Waals surface area contributed by atoms with Crippen molar-refractivity contribution in [1.29, 1.82) is 0 Å². The van der Waals surface area contributed by atoms with Gasteiger partial charge in [-0.25, -0.2) is 4.98 Å². The molecule has 3 rings (SSSR count). The summed E-state index contributed by atoms with van der Waals surface area (Å²) in [6, 6.07) is 12.3. The summed E-state index contributed by atoms with van der Waals surface area (Å²) in [6.07, 6.45) is 1.73. The lowest BCUT2D eigenvalue weighted by Gasteiger charge is -1.93. The maximum absolute atomic E-state index is 4.29. The summed E-state index contributed by atoms with van der Waals surface area (Å²) >= 11 is 3.80. The van der Waals surface area contributed by atoms with Crippen LogP contribution in [0.5, 0.6) is 0 Å². The predicted octanol–water partition coefficient (Wildman–Crippen LogP) is 5.27. The van der Waals surface area contributed by atoms with E-state index in [-0.39, 0.29) is 0 Å². The highest BCUT2D eigenvalue weighted by Crippen LogP contribution is 2.38. The van der Waals surface area contributed by atoms with Crippen LogP contribution in [0.4, 0.5) is 10.8 Å². The summed E-state index contributed by atoms with van der Waals surface area (Å²) in [6.45, 7) is 0. The smallest absolute Gasteiger partial charge is 0.226 e. The van der Waals surface area contributed by atoms with Crippen molar-refractivity contribution >= 4 is 44.7 Å². The maximum atomic E-state index is 4.29. The second-order valence-electron chi connectivity index (χ2n) is 3.63. The molecule has 0 aliphatic heterocycles. The molecule has 88 valence electrons. The van der Waals surface area contributed by atoms with Gasteiger partial charge < -0.3 is 0 Å². The van der Waals surface area contributed by atoms with Crippen LogP contribution in [0.2, 0.25) is 0 Å². The monoisotopic (exact) mass is 365 g/mol. The standard InChI is InChI=1S/C13H8IN3S/c14-11-8-12(16-17-13-15-6-7-18-13)10-5-3-1-2-4-9(10)11/h1-8H. The highest BCUT2D eigenvalue weighted by Gasteiger charge is 2.12. The van der Waals surface area contributed by atoms with Crippen LogP contribution in [0, 0.1) is 3.57 Å². The van der Waals surface area contributed by atoms with Crippen LogP contribution in [0.25, 0.3) is 11.1 Å². The van der Waals surface area contributed by atoms with Crippen molar-refractivity contribution in [2.45, 2.75) is 0 Å². The first-order chi connectivity index (χ1) is 8.84. The van der Waals surface area contributed by atoms with Gasteiger partial charge in [0.25, 0.3) is 0 Å². The average Bonchev–Trinajstić information content (AvgIpc) is 2.89. The van der Waals surface area contributed by atoms with Crippen molar-refractivity contribution < 1.29 is 0 Å². The Balaban J connectivity index is 2.04. The van der Waals surface area contributed by atoms with Gasteiger partial charge in [0, 0.05) is 20.7 Å². The zero-order valence-corrected chi connectivity index (χ0v) is 12.2. The van der Waals surface area contributed by atoms with E-state index >= 15 is 0 Å². The molecule has 2 aliphatic rings. The summed E-state index contributed by atoms with van der Waals surface area (Å²) in [5.41, 5.74) is 3.21. The van der Waals surface area contributed by atoms with Crippen molar-refractivity contribution in [3.63, 3.8) is 0 Å². The molecule has 1 heterocycles. The van der Waals surface area contributed by atoms with Gasteiger partial charge in [0.15, 0.2) is 0 Å². The van der Waals surface area contributed by atoms with E-state index in [2.05, 4.69) is 49.9 Å². The van der Waals surface area contributed by atoms with Gasteiger partial charge in [-0.15, -0.1) is 21.6 Å². The minimum absolute atomic E-state index is 0.680. The summed E-state index contributed by atoms with van der Waals surface area (Å²) in [5.74, 6) is 0. The number of aromatic nitrogens is 1. The lowest BCUT2D eigenvalue weighted by molar-refractivity contribution is 1.20. The highest BCUT2D eigenvalue weighted by atomic mass is 127. The molecule has 0 N–H and O–H groups in total. The van der Waals surface area contributed by atoms with Crippen molar-refractivity contribution in [3.8, 4) is 11.1 Å². The predicted molar refractivity (Wildman–Crippen MR) is 82.1 cm³/mol. The Morgan fingerprint density at radius 2 is 1.89 bits per heavy atom. The third-order valence-electron chi connectivity index (χ3n) is 2.50. The Labute approximate surface area is 122 Å². The molecule has 2 aliphatic carbocycles. The SMILES string of the molecule is Ic1cc(N=Nc2nccs2)c2cccccc1-2. The molecule has 0 saturated heterocycles. The van der Waals surface area contributed by atoms with Gasteiger partial charge in [0.05, 0.1) is 5.69 Å². The Kier molecular flexibility index (Phi) is 3.33. The van der Waals surface area contributed by atoms with Gasteiger partial charge in [0.2, 0.25) is 5.13 Å². The number of thiazole rings is 1. The van der Waals surface area contributed by atoms with E-state index < -0.39 is 0 Å². The summed E-state index contributed by atoms with van der Waals surface area (Å²) in [5, 5.41) is 11.0. The molecule has 0 fully saturated rings. The van der Waals surface area contributed by atoms with Gasteiger partial charge in [-0.2, -0.15) is 0 Å². The largest absolute Gasteiger partial charge is 0.229 e. The molecule has 1 aromatic heterocycles. The second kappa shape index (κ2) is 5.11. The third kappa shape index (κ3) is 2.28. The fourth-order valence-electron chi connectivity index (χ4n) is 1.70. The Morgan fingerprint density at radius 3 is 2.67 bits per heavy atom. The number of fused-ring (bicyclic) bond motifs is 1. The summed E-state index contributed by atoms with van der Waals surface area (Å²) < 4.78 is 1.19. The number of nitrogens with zero attached hydrogens (tertiary/aromatic N) is 3. The van der Waals surface area contributed by atoms with Gasteiger partial charge >= 0.3 is 0 Å². The van der Waals surface area contributed by atoms with E-state index in [1.54, 1.807) is 6.20 Å². The molecule has 0 spiro atoms. The first-order valence-electron chi connectivity index (χ1n) is 5.33. The van der Waals surface area contributed by atoms with Gasteiger partial charge in [-0.3, -0.25) is 0 Å². The summed E-state index contributed by atoms with van der Waals surface area (Å²) in [7, 11) is 0. The van der Waals surface area contributed by atoms with E-state index in [4.69, 9.17) is 0 Å². The third-order valence-corrected chi connectivity index (χ3v) is 4.05. The zero-order valence-electron chi connectivity index (χ0n) is 9.25. The minimum atomic E-state index is 0.680.